The molecule has 0 saturated carbocycles. The first-order valence-electron chi connectivity index (χ1n) is 1.60. The van der Waals surface area contributed by atoms with Crippen LogP contribution in [0.3, 0.4) is 0 Å². The van der Waals surface area contributed by atoms with Crippen LogP contribution < -0.4 is 0 Å². The summed E-state index contributed by atoms with van der Waals surface area (Å²) in [6.45, 7) is 2.27. The average molecular weight is 100 g/mol. The molecule has 6 heavy (non-hydrogen) atoms. The van der Waals surface area contributed by atoms with E-state index in [1.54, 1.807) is 0 Å². The molecule has 0 saturated heterocycles. The zero-order valence-electron chi connectivity index (χ0n) is 3.27. The van der Waals surface area contributed by atoms with E-state index in [1.807, 2.05) is 6.92 Å². The molecule has 1 N–H and O–H groups in total. The van der Waals surface area contributed by atoms with Gasteiger partial charge in [0, 0.05) is 6.61 Å². The van der Waals surface area contributed by atoms with Gasteiger partial charge in [0.05, 0.1) is 0 Å². The topological polar surface area (TPSA) is 29.5 Å². The fraction of sp³-hybridized carbons (Fsp3) is 1.00. The van der Waals surface area contributed by atoms with E-state index in [0.29, 0.717) is 6.61 Å². The number of aliphatic hydroxyl groups is 1. The fourth-order valence-corrected chi connectivity index (χ4v) is 0.0913. The van der Waals surface area contributed by atoms with Gasteiger partial charge >= 0.3 is 29.6 Å². The molecule has 0 amide bonds. The van der Waals surface area contributed by atoms with Crippen LogP contribution in [0.2, 0.25) is 0 Å². The molecule has 34 valence electrons. The molecule has 0 aliphatic carbocycles. The van der Waals surface area contributed by atoms with Gasteiger partial charge in [-0.05, 0) is 6.92 Å². The van der Waals surface area contributed by atoms with Crippen molar-refractivity contribution in [2.24, 2.45) is 0 Å². The van der Waals surface area contributed by atoms with Gasteiger partial charge in [-0.25, -0.2) is 0 Å². The Morgan fingerprint density at radius 3 is 2.17 bits per heavy atom. The zero-order valence-corrected chi connectivity index (χ0v) is 3.27. The maximum absolute atomic E-state index is 7.84. The molecule has 0 atom stereocenters. The molecule has 0 fully saturated rings. The van der Waals surface area contributed by atoms with E-state index in [1.165, 1.54) is 0 Å². The zero-order chi connectivity index (χ0) is 4.12. The van der Waals surface area contributed by atoms with Crippen LogP contribution in [0.4, 0.5) is 0 Å². The monoisotopic (exact) mass is 100 g/mol. The second-order valence-corrected chi connectivity index (χ2v) is 0.622. The predicted octanol–water partition coefficient (Wildman–Crippen LogP) is -0.676. The summed E-state index contributed by atoms with van der Waals surface area (Å²) in [7, 11) is 0. The van der Waals surface area contributed by atoms with E-state index in [0.717, 1.165) is 0 Å². The Balaban J connectivity index is 0. The van der Waals surface area contributed by atoms with E-state index in [-0.39, 0.29) is 36.4 Å². The summed E-state index contributed by atoms with van der Waals surface area (Å²) in [5.74, 6) is 0. The molecule has 0 aromatic carbocycles. The van der Waals surface area contributed by atoms with Crippen molar-refractivity contribution in [3.8, 4) is 0 Å². The molecule has 0 spiro atoms. The first-order valence-corrected chi connectivity index (χ1v) is 1.60. The van der Waals surface area contributed by atoms with E-state index >= 15 is 0 Å². The van der Waals surface area contributed by atoms with Crippen LogP contribution in [0.15, 0.2) is 0 Å². The molecular weight excluding hydrogens is 91.0 g/mol. The van der Waals surface area contributed by atoms with Crippen molar-refractivity contribution < 1.29 is 9.84 Å². The van der Waals surface area contributed by atoms with Crippen LogP contribution in [-0.4, -0.2) is 48.1 Å². The summed E-state index contributed by atoms with van der Waals surface area (Å²) >= 11 is 0. The predicted molar refractivity (Wildman–Crippen MR) is 25.9 cm³/mol. The molecule has 2 nitrogen and oxygen atoms in total. The molecule has 0 aliphatic heterocycles. The van der Waals surface area contributed by atoms with Gasteiger partial charge in [-0.1, -0.05) is 0 Å². The average Bonchev–Trinajstić information content (AvgIpc) is 1.41. The minimum absolute atomic E-state index is 0. The van der Waals surface area contributed by atoms with Crippen molar-refractivity contribution in [3.05, 3.63) is 0 Å². The number of hydrogen-bond donors (Lipinski definition) is 1. The van der Waals surface area contributed by atoms with Crippen LogP contribution in [0.5, 0.6) is 0 Å². The third kappa shape index (κ3) is 8.87. The Morgan fingerprint density at radius 2 is 2.17 bits per heavy atom. The molecule has 0 rings (SSSR count). The van der Waals surface area contributed by atoms with Crippen molar-refractivity contribution in [3.63, 3.8) is 0 Å². The van der Waals surface area contributed by atoms with Gasteiger partial charge in [-0.2, -0.15) is 0 Å². The summed E-state index contributed by atoms with van der Waals surface area (Å²) < 4.78 is 4.39. The van der Waals surface area contributed by atoms with E-state index in [4.69, 9.17) is 5.11 Å². The Labute approximate surface area is 59.8 Å². The molecule has 0 aliphatic rings. The van der Waals surface area contributed by atoms with Crippen LogP contribution in [-0.2, 0) is 4.74 Å². The Bertz CT molecular complexity index is 16.3. The first kappa shape index (κ1) is 10.0. The van der Waals surface area contributed by atoms with Crippen molar-refractivity contribution in [1.82, 2.24) is 0 Å². The Hall–Kier alpha value is 0.920. The van der Waals surface area contributed by atoms with Gasteiger partial charge < -0.3 is 9.84 Å². The van der Waals surface area contributed by atoms with Gasteiger partial charge in [-0.3, -0.25) is 0 Å². The molecule has 0 unspecified atom stereocenters. The molecule has 3 heteroatoms. The molecule has 0 radical (unpaired) electrons. The Kier molecular flexibility index (Phi) is 15.6. The maximum atomic E-state index is 7.84. The summed E-state index contributed by atoms with van der Waals surface area (Å²) in [5, 5.41) is 7.84. The van der Waals surface area contributed by atoms with E-state index in [2.05, 4.69) is 4.74 Å². The SMILES string of the molecule is CCOCO.[NaH]. The van der Waals surface area contributed by atoms with Gasteiger partial charge in [-0.15, -0.1) is 0 Å². The minimum atomic E-state index is -0.156. The Morgan fingerprint density at radius 1 is 1.67 bits per heavy atom. The molecule has 0 heterocycles. The van der Waals surface area contributed by atoms with Crippen LogP contribution in [0.25, 0.3) is 0 Å². The molecule has 0 aromatic rings. The van der Waals surface area contributed by atoms with Crippen LogP contribution >= 0.6 is 0 Å². The number of ether oxygens (including phenoxy) is 1. The van der Waals surface area contributed by atoms with Gasteiger partial charge in [0.15, 0.2) is 0 Å². The van der Waals surface area contributed by atoms with Gasteiger partial charge in [0.1, 0.15) is 6.79 Å². The standard InChI is InChI=1S/C3H8O2.Na.H/c1-2-5-3-4;;/h4H,2-3H2,1H3;;. The fourth-order valence-electron chi connectivity index (χ4n) is 0.0913. The third-order valence-electron chi connectivity index (χ3n) is 0.295. The van der Waals surface area contributed by atoms with E-state index in [9.17, 15) is 0 Å². The summed E-state index contributed by atoms with van der Waals surface area (Å²) in [6.07, 6.45) is 0. The van der Waals surface area contributed by atoms with Gasteiger partial charge in [0.25, 0.3) is 0 Å². The van der Waals surface area contributed by atoms with Crippen LogP contribution in [0, 0.1) is 0 Å². The number of rotatable bonds is 2. The third-order valence-corrected chi connectivity index (χ3v) is 0.295. The van der Waals surface area contributed by atoms with Crippen molar-refractivity contribution in [1.29, 1.82) is 0 Å². The summed E-state index contributed by atoms with van der Waals surface area (Å²) in [4.78, 5) is 0. The summed E-state index contributed by atoms with van der Waals surface area (Å²) in [6, 6.07) is 0. The van der Waals surface area contributed by atoms with Crippen molar-refractivity contribution in [2.75, 3.05) is 13.4 Å². The number of hydrogen-bond acceptors (Lipinski definition) is 2. The molecule has 0 aromatic heterocycles. The van der Waals surface area contributed by atoms with Crippen LogP contribution in [0.1, 0.15) is 6.92 Å². The first-order chi connectivity index (χ1) is 2.41. The van der Waals surface area contributed by atoms with E-state index < -0.39 is 0 Å². The second kappa shape index (κ2) is 9.33. The second-order valence-electron chi connectivity index (χ2n) is 0.622. The molecular formula is C3H9NaO2. The number of aliphatic hydroxyl groups excluding tert-OH is 1. The molecule has 0 bridgehead atoms. The summed E-state index contributed by atoms with van der Waals surface area (Å²) in [5.41, 5.74) is 0. The van der Waals surface area contributed by atoms with Crippen molar-refractivity contribution >= 4 is 29.6 Å². The van der Waals surface area contributed by atoms with Crippen molar-refractivity contribution in [2.45, 2.75) is 6.92 Å². The normalized spacial score (nSPS) is 7.00. The quantitative estimate of drug-likeness (QED) is 0.368. The van der Waals surface area contributed by atoms with Gasteiger partial charge in [0.2, 0.25) is 0 Å².